The first kappa shape index (κ1) is 23.4. The Labute approximate surface area is 187 Å². The molecule has 0 unspecified atom stereocenters. The second-order valence-electron chi connectivity index (χ2n) is 7.27. The Hall–Kier alpha value is -3.28. The van der Waals surface area contributed by atoms with Crippen molar-refractivity contribution in [2.24, 2.45) is 0 Å². The number of hydrogen-bond acceptors (Lipinski definition) is 5. The summed E-state index contributed by atoms with van der Waals surface area (Å²) in [6.07, 6.45) is -2.32. The van der Waals surface area contributed by atoms with Crippen LogP contribution in [-0.4, -0.2) is 26.6 Å². The Morgan fingerprint density at radius 2 is 1.97 bits per heavy atom. The Balaban J connectivity index is 2.00. The van der Waals surface area contributed by atoms with Crippen molar-refractivity contribution in [1.29, 1.82) is 10.8 Å². The van der Waals surface area contributed by atoms with Crippen LogP contribution in [0.3, 0.4) is 0 Å². The lowest BCUT2D eigenvalue weighted by Crippen LogP contribution is -2.31. The van der Waals surface area contributed by atoms with Crippen molar-refractivity contribution < 1.29 is 18.0 Å². The third-order valence-corrected chi connectivity index (χ3v) is 5.23. The van der Waals surface area contributed by atoms with Crippen molar-refractivity contribution in [3.63, 3.8) is 0 Å². The number of pyridine rings is 1. The molecule has 0 spiro atoms. The fraction of sp³-hybridized carbons (Fsp3) is 0.250. The Morgan fingerprint density at radius 3 is 2.56 bits per heavy atom. The number of rotatable bonds is 5. The largest absolute Gasteiger partial charge is 0.416 e. The molecule has 0 fully saturated rings. The van der Waals surface area contributed by atoms with Gasteiger partial charge in [0.05, 0.1) is 33.1 Å². The molecule has 2 heterocycles. The molecular formula is C20H18BrF3N6O2. The van der Waals surface area contributed by atoms with Crippen molar-refractivity contribution >= 4 is 44.6 Å². The van der Waals surface area contributed by atoms with Crippen LogP contribution in [0.2, 0.25) is 0 Å². The van der Waals surface area contributed by atoms with Gasteiger partial charge < -0.3 is 5.32 Å². The van der Waals surface area contributed by atoms with Crippen molar-refractivity contribution in [2.45, 2.75) is 32.5 Å². The predicted molar refractivity (Wildman–Crippen MR) is 116 cm³/mol. The predicted octanol–water partition coefficient (Wildman–Crippen LogP) is 3.68. The summed E-state index contributed by atoms with van der Waals surface area (Å²) in [5.74, 6) is -0.912. The van der Waals surface area contributed by atoms with Gasteiger partial charge in [0.25, 0.3) is 5.56 Å². The zero-order valence-corrected chi connectivity index (χ0v) is 18.5. The molecule has 32 heavy (non-hydrogen) atoms. The number of benzene rings is 1. The molecule has 3 aromatic rings. The highest BCUT2D eigenvalue weighted by atomic mass is 79.9. The first-order valence-electron chi connectivity index (χ1n) is 9.31. The second kappa shape index (κ2) is 8.69. The van der Waals surface area contributed by atoms with Crippen molar-refractivity contribution in [2.75, 3.05) is 5.32 Å². The maximum atomic E-state index is 13.1. The zero-order chi connectivity index (χ0) is 23.8. The van der Waals surface area contributed by atoms with Gasteiger partial charge in [0, 0.05) is 11.6 Å². The first-order valence-corrected chi connectivity index (χ1v) is 10.1. The van der Waals surface area contributed by atoms with Crippen molar-refractivity contribution in [3.05, 3.63) is 62.0 Å². The number of hydrogen-bond donors (Lipinski definition) is 3. The summed E-state index contributed by atoms with van der Waals surface area (Å²) in [5.41, 5.74) is -1.03. The summed E-state index contributed by atoms with van der Waals surface area (Å²) in [6, 6.07) is 4.29. The fourth-order valence-corrected chi connectivity index (χ4v) is 3.56. The normalized spacial score (nSPS) is 11.7. The highest BCUT2D eigenvalue weighted by Gasteiger charge is 2.31. The summed E-state index contributed by atoms with van der Waals surface area (Å²) in [7, 11) is 0. The van der Waals surface area contributed by atoms with Gasteiger partial charge in [-0.05, 0) is 46.1 Å². The lowest BCUT2D eigenvalue weighted by molar-refractivity contribution is -0.137. The van der Waals surface area contributed by atoms with E-state index in [0.29, 0.717) is 4.47 Å². The number of nitrogens with one attached hydrogen (secondary N) is 3. The SMILES string of the molecule is CC(C)c1nn(CC(=O)Nc2cc(Br)c(=N)n(C=N)c2)c(=O)c2ccc(C(F)(F)F)cc12. The van der Waals surface area contributed by atoms with Crippen LogP contribution in [0.25, 0.3) is 10.8 Å². The Morgan fingerprint density at radius 1 is 1.28 bits per heavy atom. The third-order valence-electron chi connectivity index (χ3n) is 4.62. The van der Waals surface area contributed by atoms with Crippen LogP contribution in [0, 0.1) is 10.8 Å². The van der Waals surface area contributed by atoms with Gasteiger partial charge in [0.15, 0.2) is 0 Å². The molecule has 2 aromatic heterocycles. The maximum Gasteiger partial charge on any atom is 0.416 e. The average Bonchev–Trinajstić information content (AvgIpc) is 2.71. The van der Waals surface area contributed by atoms with E-state index in [0.717, 1.165) is 33.8 Å². The topological polar surface area (TPSA) is 117 Å². The highest BCUT2D eigenvalue weighted by molar-refractivity contribution is 9.10. The number of halogens is 4. The number of alkyl halides is 3. The summed E-state index contributed by atoms with van der Waals surface area (Å²) >= 11 is 3.17. The van der Waals surface area contributed by atoms with Gasteiger partial charge >= 0.3 is 6.18 Å². The summed E-state index contributed by atoms with van der Waals surface area (Å²) in [6.45, 7) is 2.99. The molecule has 0 saturated carbocycles. The van der Waals surface area contributed by atoms with Crippen LogP contribution in [0.4, 0.5) is 18.9 Å². The fourth-order valence-electron chi connectivity index (χ4n) is 3.11. The molecule has 1 amide bonds. The minimum Gasteiger partial charge on any atom is -0.323 e. The molecule has 1 aromatic carbocycles. The minimum absolute atomic E-state index is 0.00483. The number of nitrogens with zero attached hydrogens (tertiary/aromatic N) is 3. The molecule has 0 aliphatic rings. The summed E-state index contributed by atoms with van der Waals surface area (Å²) in [4.78, 5) is 25.4. The van der Waals surface area contributed by atoms with E-state index in [1.54, 1.807) is 13.8 Å². The van der Waals surface area contributed by atoms with Gasteiger partial charge in [0.1, 0.15) is 12.0 Å². The van der Waals surface area contributed by atoms with Crippen LogP contribution in [0.15, 0.2) is 39.7 Å². The van der Waals surface area contributed by atoms with E-state index in [4.69, 9.17) is 10.8 Å². The molecule has 3 N–H and O–H groups in total. The van der Waals surface area contributed by atoms with E-state index in [2.05, 4.69) is 26.3 Å². The number of aromatic nitrogens is 3. The van der Waals surface area contributed by atoms with Crippen molar-refractivity contribution in [1.82, 2.24) is 14.3 Å². The number of anilines is 1. The Bertz CT molecular complexity index is 1340. The summed E-state index contributed by atoms with van der Waals surface area (Å²) < 4.78 is 41.8. The molecule has 12 heteroatoms. The Kier molecular flexibility index (Phi) is 6.35. The van der Waals surface area contributed by atoms with Crippen LogP contribution in [0.5, 0.6) is 0 Å². The molecule has 168 valence electrons. The van der Waals surface area contributed by atoms with E-state index in [1.807, 2.05) is 0 Å². The van der Waals surface area contributed by atoms with Gasteiger partial charge in [-0.2, -0.15) is 18.3 Å². The van der Waals surface area contributed by atoms with Gasteiger partial charge in [-0.1, -0.05) is 13.8 Å². The third kappa shape index (κ3) is 4.64. The number of amides is 1. The molecule has 0 aliphatic heterocycles. The first-order chi connectivity index (χ1) is 14.9. The number of carbonyl (C=O) groups is 1. The van der Waals surface area contributed by atoms with E-state index in [-0.39, 0.29) is 33.6 Å². The van der Waals surface area contributed by atoms with E-state index >= 15 is 0 Å². The van der Waals surface area contributed by atoms with Gasteiger partial charge in [-0.3, -0.25) is 25.0 Å². The molecule has 0 bridgehead atoms. The molecule has 0 aliphatic carbocycles. The highest BCUT2D eigenvalue weighted by Crippen LogP contribution is 2.32. The molecular weight excluding hydrogens is 493 g/mol. The molecule has 0 saturated heterocycles. The minimum atomic E-state index is -4.56. The van der Waals surface area contributed by atoms with E-state index < -0.39 is 29.8 Å². The van der Waals surface area contributed by atoms with Gasteiger partial charge in [-0.25, -0.2) is 4.68 Å². The van der Waals surface area contributed by atoms with Crippen molar-refractivity contribution in [3.8, 4) is 0 Å². The molecule has 0 radical (unpaired) electrons. The monoisotopic (exact) mass is 510 g/mol. The van der Waals surface area contributed by atoms with Crippen LogP contribution in [0.1, 0.15) is 31.0 Å². The molecule has 3 rings (SSSR count). The standard InChI is InChI=1S/C20H18BrF3N6O2/c1-10(2)17-14-5-11(20(22,23)24)3-4-13(14)19(32)30(28-17)8-16(31)27-12-6-15(21)18(26)29(7-12)9-25/h3-7,9-10,25-26H,8H2,1-2H3,(H,27,31). The van der Waals surface area contributed by atoms with E-state index in [9.17, 15) is 22.8 Å². The molecule has 8 nitrogen and oxygen atoms in total. The lowest BCUT2D eigenvalue weighted by atomic mass is 10.0. The molecule has 0 atom stereocenters. The van der Waals surface area contributed by atoms with E-state index in [1.165, 1.54) is 12.3 Å². The number of fused-ring (bicyclic) bond motifs is 1. The number of carbonyl (C=O) groups excluding carboxylic acids is 1. The lowest BCUT2D eigenvalue weighted by Gasteiger charge is -2.15. The zero-order valence-electron chi connectivity index (χ0n) is 16.9. The quantitative estimate of drug-likeness (QED) is 0.359. The maximum absolute atomic E-state index is 13.1. The van der Waals surface area contributed by atoms with Crippen LogP contribution in [-0.2, 0) is 17.5 Å². The van der Waals surface area contributed by atoms with Gasteiger partial charge in [0.2, 0.25) is 5.91 Å². The average molecular weight is 511 g/mol. The van der Waals surface area contributed by atoms with Crippen LogP contribution >= 0.6 is 15.9 Å². The van der Waals surface area contributed by atoms with Gasteiger partial charge in [-0.15, -0.1) is 0 Å². The summed E-state index contributed by atoms with van der Waals surface area (Å²) in [5, 5.41) is 22.0. The second-order valence-corrected chi connectivity index (χ2v) is 8.13. The smallest absolute Gasteiger partial charge is 0.323 e. The van der Waals surface area contributed by atoms with Crippen LogP contribution < -0.4 is 16.4 Å².